The Labute approximate surface area is 155 Å². The highest BCUT2D eigenvalue weighted by Gasteiger charge is 2.29. The Balaban J connectivity index is 1.45. The molecule has 2 aliphatic heterocycles. The number of oxazole rings is 1. The van der Waals surface area contributed by atoms with Gasteiger partial charge < -0.3 is 18.8 Å². The van der Waals surface area contributed by atoms with Crippen molar-refractivity contribution in [3.05, 3.63) is 53.2 Å². The second kappa shape index (κ2) is 7.74. The van der Waals surface area contributed by atoms with E-state index in [0.717, 1.165) is 25.0 Å². The van der Waals surface area contributed by atoms with Crippen molar-refractivity contribution in [2.75, 3.05) is 32.9 Å². The normalized spacial score (nSPS) is 21.4. The molecule has 0 radical (unpaired) electrons. The number of morpholine rings is 1. The van der Waals surface area contributed by atoms with Gasteiger partial charge in [0.1, 0.15) is 12.4 Å². The Bertz CT molecular complexity index is 820. The molecule has 2 aliphatic rings. The minimum Gasteiger partial charge on any atom is -0.448 e. The molecule has 3 heterocycles. The highest BCUT2D eigenvalue weighted by Crippen LogP contribution is 2.28. The number of amides is 1. The van der Waals surface area contributed by atoms with Crippen molar-refractivity contribution in [1.29, 1.82) is 0 Å². The lowest BCUT2D eigenvalue weighted by molar-refractivity contribution is -0.0231. The van der Waals surface area contributed by atoms with Crippen LogP contribution in [0.2, 0.25) is 0 Å². The molecule has 0 bridgehead atoms. The lowest BCUT2D eigenvalue weighted by atomic mass is 10.0. The fourth-order valence-corrected chi connectivity index (χ4v) is 3.43. The Morgan fingerprint density at radius 2 is 1.96 bits per heavy atom. The van der Waals surface area contributed by atoms with Crippen molar-refractivity contribution in [3.63, 3.8) is 0 Å². The van der Waals surface area contributed by atoms with E-state index in [1.54, 1.807) is 4.90 Å². The second-order valence-electron chi connectivity index (χ2n) is 6.74. The molecule has 2 fully saturated rings. The van der Waals surface area contributed by atoms with Crippen LogP contribution in [0.25, 0.3) is 0 Å². The molecule has 144 valence electrons. The maximum absolute atomic E-state index is 13.5. The topological polar surface area (TPSA) is 64.8 Å². The fourth-order valence-electron chi connectivity index (χ4n) is 3.43. The van der Waals surface area contributed by atoms with Crippen molar-refractivity contribution in [1.82, 2.24) is 9.88 Å². The number of ether oxygens (including phenoxy) is 2. The van der Waals surface area contributed by atoms with Crippen LogP contribution in [-0.2, 0) is 9.47 Å². The lowest BCUT2D eigenvalue weighted by Crippen LogP contribution is -2.42. The number of halogens is 2. The van der Waals surface area contributed by atoms with Crippen molar-refractivity contribution < 1.29 is 27.5 Å². The summed E-state index contributed by atoms with van der Waals surface area (Å²) in [6.45, 7) is 2.27. The summed E-state index contributed by atoms with van der Waals surface area (Å²) in [5, 5.41) is 0. The van der Waals surface area contributed by atoms with Crippen LogP contribution >= 0.6 is 0 Å². The molecular formula is C19H20F2N2O4. The van der Waals surface area contributed by atoms with Crippen LogP contribution in [0.15, 0.2) is 28.9 Å². The average molecular weight is 378 g/mol. The number of nitrogens with zero attached hydrogens (tertiary/aromatic N) is 2. The van der Waals surface area contributed by atoms with Gasteiger partial charge in [0.25, 0.3) is 5.91 Å². The molecule has 6 nitrogen and oxygen atoms in total. The Morgan fingerprint density at radius 3 is 2.74 bits per heavy atom. The standard InChI is InChI=1S/C19H20F2N2O4/c20-14-2-1-13(9-15(14)21)17-10-23(5-8-26-17)19(24)16-11-27-18(22-16)12-3-6-25-7-4-12/h1-2,9,11-12,17H,3-8,10H2. The van der Waals surface area contributed by atoms with Gasteiger partial charge in [0.15, 0.2) is 23.2 Å². The van der Waals surface area contributed by atoms with E-state index in [-0.39, 0.29) is 24.1 Å². The van der Waals surface area contributed by atoms with E-state index < -0.39 is 17.7 Å². The van der Waals surface area contributed by atoms with E-state index in [1.807, 2.05) is 0 Å². The SMILES string of the molecule is O=C(c1coc(C2CCOCC2)n1)N1CCOC(c2ccc(F)c(F)c2)C1. The molecular weight excluding hydrogens is 358 g/mol. The summed E-state index contributed by atoms with van der Waals surface area (Å²) >= 11 is 0. The van der Waals surface area contributed by atoms with Crippen molar-refractivity contribution in [2.45, 2.75) is 24.9 Å². The number of aromatic nitrogens is 1. The molecule has 1 aromatic heterocycles. The molecule has 1 atom stereocenters. The second-order valence-corrected chi connectivity index (χ2v) is 6.74. The summed E-state index contributed by atoms with van der Waals surface area (Å²) in [6, 6.07) is 3.64. The predicted octanol–water partition coefficient (Wildman–Crippen LogP) is 3.06. The van der Waals surface area contributed by atoms with Crippen LogP contribution in [0.1, 0.15) is 46.8 Å². The predicted molar refractivity (Wildman–Crippen MR) is 90.3 cm³/mol. The van der Waals surface area contributed by atoms with E-state index in [9.17, 15) is 13.6 Å². The molecule has 1 aromatic carbocycles. The van der Waals surface area contributed by atoms with Crippen LogP contribution in [0, 0.1) is 11.6 Å². The van der Waals surface area contributed by atoms with Gasteiger partial charge in [0.05, 0.1) is 13.2 Å². The molecule has 8 heteroatoms. The van der Waals surface area contributed by atoms with Crippen molar-refractivity contribution in [2.24, 2.45) is 0 Å². The molecule has 0 spiro atoms. The van der Waals surface area contributed by atoms with E-state index in [0.29, 0.717) is 37.8 Å². The van der Waals surface area contributed by atoms with Gasteiger partial charge in [-0.3, -0.25) is 4.79 Å². The molecule has 1 amide bonds. The monoisotopic (exact) mass is 378 g/mol. The Morgan fingerprint density at radius 1 is 1.15 bits per heavy atom. The van der Waals surface area contributed by atoms with Gasteiger partial charge in [-0.15, -0.1) is 0 Å². The molecule has 0 N–H and O–H groups in total. The highest BCUT2D eigenvalue weighted by molar-refractivity contribution is 5.92. The molecule has 2 saturated heterocycles. The molecule has 1 unspecified atom stereocenters. The van der Waals surface area contributed by atoms with Gasteiger partial charge >= 0.3 is 0 Å². The average Bonchev–Trinajstić information content (AvgIpc) is 3.20. The zero-order valence-electron chi connectivity index (χ0n) is 14.7. The summed E-state index contributed by atoms with van der Waals surface area (Å²) in [4.78, 5) is 18.7. The van der Waals surface area contributed by atoms with Crippen molar-refractivity contribution >= 4 is 5.91 Å². The summed E-state index contributed by atoms with van der Waals surface area (Å²) in [5.41, 5.74) is 0.747. The zero-order chi connectivity index (χ0) is 18.8. The van der Waals surface area contributed by atoms with Gasteiger partial charge in [-0.1, -0.05) is 6.07 Å². The van der Waals surface area contributed by atoms with Crippen molar-refractivity contribution in [3.8, 4) is 0 Å². The van der Waals surface area contributed by atoms with Gasteiger partial charge in [0, 0.05) is 25.7 Å². The number of hydrogen-bond donors (Lipinski definition) is 0. The van der Waals surface area contributed by atoms with E-state index in [1.165, 1.54) is 12.3 Å². The number of carbonyl (C=O) groups excluding carboxylic acids is 1. The molecule has 0 saturated carbocycles. The summed E-state index contributed by atoms with van der Waals surface area (Å²) in [7, 11) is 0. The highest BCUT2D eigenvalue weighted by atomic mass is 19.2. The summed E-state index contributed by atoms with van der Waals surface area (Å²) in [5.74, 6) is -1.37. The largest absolute Gasteiger partial charge is 0.448 e. The molecule has 0 aliphatic carbocycles. The first-order chi connectivity index (χ1) is 13.1. The number of carbonyl (C=O) groups is 1. The van der Waals surface area contributed by atoms with Crippen LogP contribution in [0.3, 0.4) is 0 Å². The maximum Gasteiger partial charge on any atom is 0.275 e. The number of hydrogen-bond acceptors (Lipinski definition) is 5. The smallest absolute Gasteiger partial charge is 0.275 e. The molecule has 4 rings (SSSR count). The van der Waals surface area contributed by atoms with Crippen LogP contribution in [-0.4, -0.2) is 48.7 Å². The fraction of sp³-hybridized carbons (Fsp3) is 0.474. The first kappa shape index (κ1) is 18.1. The van der Waals surface area contributed by atoms with Gasteiger partial charge in [-0.05, 0) is 30.5 Å². The van der Waals surface area contributed by atoms with Gasteiger partial charge in [-0.2, -0.15) is 0 Å². The third-order valence-corrected chi connectivity index (χ3v) is 4.98. The zero-order valence-corrected chi connectivity index (χ0v) is 14.7. The van der Waals surface area contributed by atoms with E-state index in [4.69, 9.17) is 13.9 Å². The minimum atomic E-state index is -0.933. The van der Waals surface area contributed by atoms with Gasteiger partial charge in [-0.25, -0.2) is 13.8 Å². The minimum absolute atomic E-state index is 0.167. The van der Waals surface area contributed by atoms with E-state index >= 15 is 0 Å². The van der Waals surface area contributed by atoms with E-state index in [2.05, 4.69) is 4.98 Å². The Hall–Kier alpha value is -2.32. The third-order valence-electron chi connectivity index (χ3n) is 4.98. The third kappa shape index (κ3) is 3.86. The molecule has 2 aromatic rings. The number of rotatable bonds is 3. The Kier molecular flexibility index (Phi) is 5.18. The van der Waals surface area contributed by atoms with Gasteiger partial charge in [0.2, 0.25) is 0 Å². The van der Waals surface area contributed by atoms with Crippen LogP contribution in [0.5, 0.6) is 0 Å². The van der Waals surface area contributed by atoms with Crippen LogP contribution < -0.4 is 0 Å². The van der Waals surface area contributed by atoms with Crippen LogP contribution in [0.4, 0.5) is 8.78 Å². The summed E-state index contributed by atoms with van der Waals surface area (Å²) in [6.07, 6.45) is 2.52. The summed E-state index contributed by atoms with van der Waals surface area (Å²) < 4.78 is 43.1. The first-order valence-electron chi connectivity index (χ1n) is 9.01. The first-order valence-corrected chi connectivity index (χ1v) is 9.01. The number of benzene rings is 1. The quantitative estimate of drug-likeness (QED) is 0.821. The maximum atomic E-state index is 13.5. The molecule has 27 heavy (non-hydrogen) atoms. The lowest BCUT2D eigenvalue weighted by Gasteiger charge is -2.32.